The Kier molecular flexibility index (Phi) is 8.84. The first-order valence-corrected chi connectivity index (χ1v) is 9.87. The molecule has 0 saturated carbocycles. The summed E-state index contributed by atoms with van der Waals surface area (Å²) in [5.74, 6) is 1.07. The second kappa shape index (κ2) is 10.4. The van der Waals surface area contributed by atoms with E-state index in [1.807, 2.05) is 38.6 Å². The van der Waals surface area contributed by atoms with Crippen LogP contribution in [-0.2, 0) is 0 Å². The summed E-state index contributed by atoms with van der Waals surface area (Å²) in [6, 6.07) is 0. The minimum Gasteiger partial charge on any atom is -0.246 e. The fourth-order valence-electron chi connectivity index (χ4n) is 2.90. The summed E-state index contributed by atoms with van der Waals surface area (Å²) in [5, 5.41) is 1.23. The molecule has 1 nitrogen and oxygen atoms in total. The number of rotatable bonds is 5. The molecule has 2 heteroatoms. The molecule has 1 unspecified atom stereocenters. The SMILES string of the molecule is C=C/C=C(\C=C/C)C1=C(C2(C)C=CC=CC2)CC(SCC)=N1.CC. The molecule has 1 heterocycles. The summed E-state index contributed by atoms with van der Waals surface area (Å²) in [7, 11) is 0. The van der Waals surface area contributed by atoms with Crippen LogP contribution in [0.15, 0.2) is 77.0 Å². The van der Waals surface area contributed by atoms with Crippen molar-refractivity contribution in [2.45, 2.75) is 47.5 Å². The Hall–Kier alpha value is -1.54. The Labute approximate surface area is 152 Å². The highest BCUT2D eigenvalue weighted by Gasteiger charge is 2.33. The molecule has 0 aromatic rings. The first kappa shape index (κ1) is 20.5. The van der Waals surface area contributed by atoms with Crippen LogP contribution in [0.3, 0.4) is 0 Å². The summed E-state index contributed by atoms with van der Waals surface area (Å²) in [4.78, 5) is 4.95. The maximum Gasteiger partial charge on any atom is 0.0780 e. The van der Waals surface area contributed by atoms with Crippen LogP contribution in [-0.4, -0.2) is 10.8 Å². The van der Waals surface area contributed by atoms with Gasteiger partial charge in [-0.3, -0.25) is 0 Å². The van der Waals surface area contributed by atoms with E-state index in [1.165, 1.54) is 10.6 Å². The number of hydrogen-bond acceptors (Lipinski definition) is 2. The van der Waals surface area contributed by atoms with Crippen molar-refractivity contribution in [3.8, 4) is 0 Å². The number of aliphatic imine (C=N–C) groups is 1. The van der Waals surface area contributed by atoms with Gasteiger partial charge in [-0.2, -0.15) is 0 Å². The van der Waals surface area contributed by atoms with Gasteiger partial charge >= 0.3 is 0 Å². The van der Waals surface area contributed by atoms with Crippen molar-refractivity contribution in [1.82, 2.24) is 0 Å². The second-order valence-electron chi connectivity index (χ2n) is 5.71. The van der Waals surface area contributed by atoms with Crippen LogP contribution in [0, 0.1) is 5.41 Å². The Morgan fingerprint density at radius 3 is 2.67 bits per heavy atom. The van der Waals surface area contributed by atoms with Gasteiger partial charge in [-0.05, 0) is 30.2 Å². The zero-order valence-corrected chi connectivity index (χ0v) is 16.6. The highest BCUT2D eigenvalue weighted by Crippen LogP contribution is 2.45. The molecule has 0 aromatic carbocycles. The molecule has 0 N–H and O–H groups in total. The summed E-state index contributed by atoms with van der Waals surface area (Å²) < 4.78 is 0. The molecule has 1 aliphatic heterocycles. The lowest BCUT2D eigenvalue weighted by molar-refractivity contribution is 0.509. The van der Waals surface area contributed by atoms with Gasteiger partial charge in [0.05, 0.1) is 10.7 Å². The van der Waals surface area contributed by atoms with Crippen LogP contribution in [0.2, 0.25) is 0 Å². The lowest BCUT2D eigenvalue weighted by atomic mass is 9.74. The van der Waals surface area contributed by atoms with Gasteiger partial charge in [-0.1, -0.05) is 82.9 Å². The normalized spacial score (nSPS) is 23.4. The van der Waals surface area contributed by atoms with E-state index in [2.05, 4.69) is 63.0 Å². The van der Waals surface area contributed by atoms with Gasteiger partial charge in [-0.25, -0.2) is 4.99 Å². The van der Waals surface area contributed by atoms with Crippen LogP contribution < -0.4 is 0 Å². The smallest absolute Gasteiger partial charge is 0.0780 e. The standard InChI is InChI=1S/C20H25NS.C2H6/c1-5-11-16(12-6-2)19-17(15-18(21-19)22-7-3)20(4)13-9-8-10-14-20;1-2/h5-6,8-13H,1,7,14-15H2,2-4H3;1-2H3/b12-6-,16-11+;. The third kappa shape index (κ3) is 4.98. The highest BCUT2D eigenvalue weighted by molar-refractivity contribution is 8.13. The quantitative estimate of drug-likeness (QED) is 0.489. The Balaban J connectivity index is 0.00000139. The summed E-state index contributed by atoms with van der Waals surface area (Å²) in [6.07, 6.45) is 19.0. The van der Waals surface area contributed by atoms with Crippen molar-refractivity contribution >= 4 is 16.8 Å². The number of thioether (sulfide) groups is 1. The molecular weight excluding hydrogens is 310 g/mol. The predicted octanol–water partition coefficient (Wildman–Crippen LogP) is 7.03. The Morgan fingerprint density at radius 1 is 1.38 bits per heavy atom. The predicted molar refractivity (Wildman–Crippen MR) is 113 cm³/mol. The monoisotopic (exact) mass is 341 g/mol. The molecule has 0 saturated heterocycles. The largest absolute Gasteiger partial charge is 0.246 e. The number of allylic oxidation sites excluding steroid dienone is 9. The van der Waals surface area contributed by atoms with Gasteiger partial charge in [0.15, 0.2) is 0 Å². The zero-order chi connectivity index (χ0) is 18.0. The molecule has 130 valence electrons. The van der Waals surface area contributed by atoms with E-state index in [0.29, 0.717) is 0 Å². The molecule has 1 aliphatic carbocycles. The maximum atomic E-state index is 4.95. The highest BCUT2D eigenvalue weighted by atomic mass is 32.2. The first-order chi connectivity index (χ1) is 11.6. The minimum absolute atomic E-state index is 0.0610. The zero-order valence-electron chi connectivity index (χ0n) is 15.8. The molecule has 0 spiro atoms. The van der Waals surface area contributed by atoms with Crippen molar-refractivity contribution in [3.05, 3.63) is 72.0 Å². The number of hydrogen-bond donors (Lipinski definition) is 0. The third-order valence-corrected chi connectivity index (χ3v) is 4.88. The van der Waals surface area contributed by atoms with E-state index in [4.69, 9.17) is 4.99 Å². The summed E-state index contributed by atoms with van der Waals surface area (Å²) >= 11 is 1.85. The molecule has 0 fully saturated rings. The average molecular weight is 342 g/mol. The average Bonchev–Trinajstić information content (AvgIpc) is 3.02. The molecule has 2 aliphatic rings. The summed E-state index contributed by atoms with van der Waals surface area (Å²) in [6.45, 7) is 14.4. The van der Waals surface area contributed by atoms with Crippen LogP contribution in [0.25, 0.3) is 0 Å². The van der Waals surface area contributed by atoms with Crippen molar-refractivity contribution in [2.75, 3.05) is 5.75 Å². The molecule has 0 radical (unpaired) electrons. The molecule has 0 aromatic heterocycles. The van der Waals surface area contributed by atoms with E-state index in [9.17, 15) is 0 Å². The van der Waals surface area contributed by atoms with Crippen LogP contribution in [0.5, 0.6) is 0 Å². The van der Waals surface area contributed by atoms with Crippen molar-refractivity contribution < 1.29 is 0 Å². The maximum absolute atomic E-state index is 4.95. The lowest BCUT2D eigenvalue weighted by Gasteiger charge is -2.29. The molecule has 2 rings (SSSR count). The van der Waals surface area contributed by atoms with Gasteiger partial charge < -0.3 is 0 Å². The van der Waals surface area contributed by atoms with Crippen LogP contribution in [0.1, 0.15) is 47.5 Å². The van der Waals surface area contributed by atoms with Gasteiger partial charge in [0.1, 0.15) is 0 Å². The second-order valence-corrected chi connectivity index (χ2v) is 7.05. The van der Waals surface area contributed by atoms with Gasteiger partial charge in [0, 0.05) is 11.8 Å². The Bertz CT molecular complexity index is 614. The van der Waals surface area contributed by atoms with E-state index in [1.54, 1.807) is 0 Å². The van der Waals surface area contributed by atoms with Crippen molar-refractivity contribution in [1.29, 1.82) is 0 Å². The van der Waals surface area contributed by atoms with Gasteiger partial charge in [0.25, 0.3) is 0 Å². The first-order valence-electron chi connectivity index (χ1n) is 8.88. The van der Waals surface area contributed by atoms with Crippen molar-refractivity contribution in [2.24, 2.45) is 10.4 Å². The molecule has 0 bridgehead atoms. The van der Waals surface area contributed by atoms with E-state index in [0.717, 1.165) is 29.9 Å². The van der Waals surface area contributed by atoms with Gasteiger partial charge in [0.2, 0.25) is 0 Å². The fourth-order valence-corrected chi connectivity index (χ4v) is 3.63. The van der Waals surface area contributed by atoms with E-state index >= 15 is 0 Å². The topological polar surface area (TPSA) is 12.4 Å². The van der Waals surface area contributed by atoms with Crippen molar-refractivity contribution in [3.63, 3.8) is 0 Å². The molecule has 0 amide bonds. The van der Waals surface area contributed by atoms with E-state index < -0.39 is 0 Å². The minimum atomic E-state index is 0.0610. The summed E-state index contributed by atoms with van der Waals surface area (Å²) in [5.41, 5.74) is 3.78. The fraction of sp³-hybridized carbons (Fsp3) is 0.409. The lowest BCUT2D eigenvalue weighted by Crippen LogP contribution is -2.18. The van der Waals surface area contributed by atoms with E-state index in [-0.39, 0.29) is 5.41 Å². The van der Waals surface area contributed by atoms with Crippen LogP contribution in [0.4, 0.5) is 0 Å². The molecule has 1 atom stereocenters. The van der Waals surface area contributed by atoms with Gasteiger partial charge in [-0.15, -0.1) is 11.8 Å². The molecule has 24 heavy (non-hydrogen) atoms. The third-order valence-electron chi connectivity index (χ3n) is 4.02. The number of nitrogens with zero attached hydrogens (tertiary/aromatic N) is 1. The van der Waals surface area contributed by atoms with Crippen LogP contribution >= 0.6 is 11.8 Å². The Morgan fingerprint density at radius 2 is 2.12 bits per heavy atom. The molecular formula is C22H31NS.